The summed E-state index contributed by atoms with van der Waals surface area (Å²) in [5, 5.41) is 7.78. The van der Waals surface area contributed by atoms with Crippen molar-refractivity contribution in [3.8, 4) is 5.69 Å². The van der Waals surface area contributed by atoms with Gasteiger partial charge in [-0.1, -0.05) is 30.3 Å². The third-order valence-electron chi connectivity index (χ3n) is 4.26. The summed E-state index contributed by atoms with van der Waals surface area (Å²) in [5.74, 6) is 0.578. The van der Waals surface area contributed by atoms with Crippen LogP contribution < -0.4 is 5.32 Å². The van der Waals surface area contributed by atoms with Crippen LogP contribution in [0.3, 0.4) is 0 Å². The summed E-state index contributed by atoms with van der Waals surface area (Å²) < 4.78 is 14.9. The predicted molar refractivity (Wildman–Crippen MR) is 122 cm³/mol. The zero-order chi connectivity index (χ0) is 19.1. The molecule has 0 fully saturated rings. The molecule has 2 aromatic carbocycles. The fourth-order valence-corrected chi connectivity index (χ4v) is 2.85. The second-order valence-electron chi connectivity index (χ2n) is 6.34. The fourth-order valence-electron chi connectivity index (χ4n) is 2.85. The zero-order valence-corrected chi connectivity index (χ0v) is 18.4. The van der Waals surface area contributed by atoms with Crippen molar-refractivity contribution < 1.29 is 4.39 Å². The normalized spacial score (nSPS) is 11.0. The number of hydrogen-bond donors (Lipinski definition) is 1. The van der Waals surface area contributed by atoms with Crippen LogP contribution in [-0.2, 0) is 13.0 Å². The molecule has 0 amide bonds. The number of guanidine groups is 1. The van der Waals surface area contributed by atoms with Gasteiger partial charge in [0.1, 0.15) is 5.82 Å². The molecule has 0 saturated carbocycles. The van der Waals surface area contributed by atoms with E-state index in [0.29, 0.717) is 6.54 Å². The Kier molecular flexibility index (Phi) is 8.43. The molecule has 1 aromatic heterocycles. The zero-order valence-electron chi connectivity index (χ0n) is 16.0. The predicted octanol–water partition coefficient (Wildman–Crippen LogP) is 3.88. The van der Waals surface area contributed by atoms with E-state index in [9.17, 15) is 4.39 Å². The molecule has 0 unspecified atom stereocenters. The van der Waals surface area contributed by atoms with Gasteiger partial charge >= 0.3 is 0 Å². The molecule has 0 saturated heterocycles. The van der Waals surface area contributed by atoms with Crippen molar-refractivity contribution >= 4 is 29.9 Å². The minimum Gasteiger partial charge on any atom is -0.356 e. The third kappa shape index (κ3) is 6.05. The number of nitrogens with one attached hydrogen (secondary N) is 1. The lowest BCUT2D eigenvalue weighted by Crippen LogP contribution is -2.39. The van der Waals surface area contributed by atoms with Gasteiger partial charge in [0.25, 0.3) is 0 Å². The first-order valence-electron chi connectivity index (χ1n) is 8.91. The summed E-state index contributed by atoms with van der Waals surface area (Å²) >= 11 is 0. The minimum atomic E-state index is -0.222. The Hall–Kier alpha value is -2.42. The molecule has 0 radical (unpaired) electrons. The molecule has 1 N–H and O–H groups in total. The van der Waals surface area contributed by atoms with Crippen LogP contribution in [-0.4, -0.2) is 41.3 Å². The number of nitrogens with zero attached hydrogens (tertiary/aromatic N) is 4. The van der Waals surface area contributed by atoms with E-state index in [2.05, 4.69) is 15.4 Å². The Labute approximate surface area is 182 Å². The first kappa shape index (κ1) is 21.9. The topological polar surface area (TPSA) is 45.5 Å². The van der Waals surface area contributed by atoms with E-state index in [4.69, 9.17) is 0 Å². The molecule has 0 aliphatic rings. The molecular formula is C21H25FIN5. The summed E-state index contributed by atoms with van der Waals surface area (Å²) in [7, 11) is 3.73. The van der Waals surface area contributed by atoms with Gasteiger partial charge in [-0.05, 0) is 41.8 Å². The molecule has 28 heavy (non-hydrogen) atoms. The van der Waals surface area contributed by atoms with Gasteiger partial charge in [-0.15, -0.1) is 24.0 Å². The van der Waals surface area contributed by atoms with Gasteiger partial charge in [0.15, 0.2) is 5.96 Å². The molecule has 5 nitrogen and oxygen atoms in total. The molecule has 0 aliphatic carbocycles. The van der Waals surface area contributed by atoms with Gasteiger partial charge in [-0.3, -0.25) is 4.99 Å². The Balaban J connectivity index is 0.00000280. The van der Waals surface area contributed by atoms with E-state index in [1.54, 1.807) is 19.2 Å². The highest BCUT2D eigenvalue weighted by Crippen LogP contribution is 2.08. The van der Waals surface area contributed by atoms with Crippen LogP contribution in [0.1, 0.15) is 11.1 Å². The third-order valence-corrected chi connectivity index (χ3v) is 4.26. The SMILES string of the molecule is CN=C(NCCc1cnn(-c2ccccc2)c1)N(C)Cc1ccc(F)cc1.I. The van der Waals surface area contributed by atoms with Crippen LogP contribution in [0.15, 0.2) is 72.0 Å². The lowest BCUT2D eigenvalue weighted by Gasteiger charge is -2.22. The van der Waals surface area contributed by atoms with Crippen LogP contribution in [0.5, 0.6) is 0 Å². The van der Waals surface area contributed by atoms with E-state index in [1.807, 2.05) is 59.4 Å². The van der Waals surface area contributed by atoms with Gasteiger partial charge in [0.05, 0.1) is 11.9 Å². The van der Waals surface area contributed by atoms with Crippen molar-refractivity contribution in [3.05, 3.63) is 83.9 Å². The largest absolute Gasteiger partial charge is 0.356 e. The van der Waals surface area contributed by atoms with Crippen LogP contribution in [0.25, 0.3) is 5.69 Å². The highest BCUT2D eigenvalue weighted by Gasteiger charge is 2.07. The average molecular weight is 493 g/mol. The molecule has 1 heterocycles. The lowest BCUT2D eigenvalue weighted by atomic mass is 10.2. The number of hydrogen-bond acceptors (Lipinski definition) is 2. The second-order valence-corrected chi connectivity index (χ2v) is 6.34. The summed E-state index contributed by atoms with van der Waals surface area (Å²) in [5.41, 5.74) is 3.24. The maximum absolute atomic E-state index is 13.0. The Bertz CT molecular complexity index is 877. The maximum Gasteiger partial charge on any atom is 0.193 e. The minimum absolute atomic E-state index is 0. The smallest absolute Gasteiger partial charge is 0.193 e. The molecule has 3 rings (SSSR count). The van der Waals surface area contributed by atoms with Gasteiger partial charge in [0, 0.05) is 33.4 Å². The van der Waals surface area contributed by atoms with Crippen LogP contribution in [0.2, 0.25) is 0 Å². The summed E-state index contributed by atoms with van der Waals surface area (Å²) in [6, 6.07) is 16.6. The molecule has 0 aliphatic heterocycles. The second kappa shape index (κ2) is 10.8. The van der Waals surface area contributed by atoms with Crippen molar-refractivity contribution in [2.45, 2.75) is 13.0 Å². The van der Waals surface area contributed by atoms with Crippen molar-refractivity contribution in [1.82, 2.24) is 20.0 Å². The first-order valence-corrected chi connectivity index (χ1v) is 8.91. The number of halogens is 2. The van der Waals surface area contributed by atoms with Gasteiger partial charge in [-0.2, -0.15) is 5.10 Å². The molecule has 0 atom stereocenters. The summed E-state index contributed by atoms with van der Waals surface area (Å²) in [4.78, 5) is 6.34. The quantitative estimate of drug-likeness (QED) is 0.322. The summed E-state index contributed by atoms with van der Waals surface area (Å²) in [6.07, 6.45) is 4.78. The molecule has 7 heteroatoms. The van der Waals surface area contributed by atoms with Crippen LogP contribution >= 0.6 is 24.0 Å². The summed E-state index contributed by atoms with van der Waals surface area (Å²) in [6.45, 7) is 1.41. The maximum atomic E-state index is 13.0. The highest BCUT2D eigenvalue weighted by atomic mass is 127. The van der Waals surface area contributed by atoms with E-state index < -0.39 is 0 Å². The molecule has 0 bridgehead atoms. The Morgan fingerprint density at radius 3 is 2.50 bits per heavy atom. The number of aliphatic imine (C=N–C) groups is 1. The van der Waals surface area contributed by atoms with Crippen molar-refractivity contribution in [1.29, 1.82) is 0 Å². The number of benzene rings is 2. The molecule has 0 spiro atoms. The molecule has 3 aromatic rings. The van der Waals surface area contributed by atoms with E-state index in [1.165, 1.54) is 12.1 Å². The van der Waals surface area contributed by atoms with Crippen molar-refractivity contribution in [2.24, 2.45) is 4.99 Å². The number of para-hydroxylation sites is 1. The standard InChI is InChI=1S/C21H24FN5.HI/c1-23-21(26(2)15-17-8-10-19(22)11-9-17)24-13-12-18-14-25-27(16-18)20-6-4-3-5-7-20;/h3-11,14,16H,12-13,15H2,1-2H3,(H,23,24);1H. The van der Waals surface area contributed by atoms with Crippen molar-refractivity contribution in [2.75, 3.05) is 20.6 Å². The van der Waals surface area contributed by atoms with Gasteiger partial charge in [-0.25, -0.2) is 9.07 Å². The highest BCUT2D eigenvalue weighted by molar-refractivity contribution is 14.0. The Morgan fingerprint density at radius 2 is 1.82 bits per heavy atom. The van der Waals surface area contributed by atoms with E-state index in [0.717, 1.165) is 35.7 Å². The number of rotatable bonds is 6. The Morgan fingerprint density at radius 1 is 1.11 bits per heavy atom. The van der Waals surface area contributed by atoms with Crippen molar-refractivity contribution in [3.63, 3.8) is 0 Å². The van der Waals surface area contributed by atoms with Crippen LogP contribution in [0, 0.1) is 5.82 Å². The monoisotopic (exact) mass is 493 g/mol. The van der Waals surface area contributed by atoms with Gasteiger partial charge in [0.2, 0.25) is 0 Å². The fraction of sp³-hybridized carbons (Fsp3) is 0.238. The molecular weight excluding hydrogens is 468 g/mol. The van der Waals surface area contributed by atoms with E-state index in [-0.39, 0.29) is 29.8 Å². The lowest BCUT2D eigenvalue weighted by molar-refractivity contribution is 0.476. The van der Waals surface area contributed by atoms with Crippen LogP contribution in [0.4, 0.5) is 4.39 Å². The number of aromatic nitrogens is 2. The molecule has 148 valence electrons. The average Bonchev–Trinajstić information content (AvgIpc) is 3.16. The van der Waals surface area contributed by atoms with Gasteiger partial charge < -0.3 is 10.2 Å². The first-order chi connectivity index (χ1) is 13.2. The van der Waals surface area contributed by atoms with E-state index >= 15 is 0 Å².